The summed E-state index contributed by atoms with van der Waals surface area (Å²) in [5.41, 5.74) is -2.17. The van der Waals surface area contributed by atoms with E-state index in [0.717, 1.165) is 10.4 Å². The van der Waals surface area contributed by atoms with E-state index in [0.29, 0.717) is 6.29 Å². The zero-order chi connectivity index (χ0) is 36.6. The quantitative estimate of drug-likeness (QED) is 0.261. The summed E-state index contributed by atoms with van der Waals surface area (Å²) >= 11 is 0. The van der Waals surface area contributed by atoms with Gasteiger partial charge in [0.15, 0.2) is 24.2 Å². The van der Waals surface area contributed by atoms with Crippen molar-refractivity contribution in [1.29, 1.82) is 0 Å². The summed E-state index contributed by atoms with van der Waals surface area (Å²) in [5, 5.41) is 22.2. The molecule has 0 unspecified atom stereocenters. The van der Waals surface area contributed by atoms with Crippen molar-refractivity contribution in [1.82, 2.24) is 0 Å². The topological polar surface area (TPSA) is 141 Å². The molecule has 0 spiro atoms. The second kappa shape index (κ2) is 14.7. The first kappa shape index (κ1) is 39.1. The van der Waals surface area contributed by atoms with E-state index in [4.69, 9.17) is 42.3 Å². The maximum absolute atomic E-state index is 10.7. The number of carbonyl (C=O) groups excluding carboxylic acids is 1. The number of benzene rings is 2. The third-order valence-corrected chi connectivity index (χ3v) is 14.9. The molecule has 4 heterocycles. The van der Waals surface area contributed by atoms with Crippen LogP contribution in [0.5, 0.6) is 0 Å². The van der Waals surface area contributed by atoms with Crippen molar-refractivity contribution in [2.45, 2.75) is 120 Å². The fourth-order valence-corrected chi connectivity index (χ4v) is 12.4. The first-order valence-electron chi connectivity index (χ1n) is 17.1. The molecule has 0 saturated carbocycles. The Morgan fingerprint density at radius 1 is 0.700 bits per heavy atom. The predicted molar refractivity (Wildman–Crippen MR) is 185 cm³/mol. The van der Waals surface area contributed by atoms with Crippen LogP contribution in [0.15, 0.2) is 60.7 Å². The van der Waals surface area contributed by atoms with Crippen molar-refractivity contribution < 1.29 is 57.3 Å². The standard InChI is InChI=1S/C26H36O6Si.C11H18O6/c1-24(2,3)33(19-13-9-7-10-14-19,20-15-11-8-12-16-20)29-18-26(17-27)22(28-6)21-23(32-26)31-25(4,5)30-21;1-10(2)15-7-8(14-3)11(6-13,4-5-12)17-9(7)16-10/h7-16,21-23,27H,17-18H2,1-6H3;5,7-9,13H,4,6H2,1-3H3/t21-,22+,23+,26+;7-,8+,9+,11+/m11/s1. The minimum atomic E-state index is -2.82. The van der Waals surface area contributed by atoms with Gasteiger partial charge in [-0.05, 0) is 43.1 Å². The number of ether oxygens (including phenoxy) is 8. The van der Waals surface area contributed by atoms with Crippen LogP contribution in [0.2, 0.25) is 5.04 Å². The van der Waals surface area contributed by atoms with Crippen molar-refractivity contribution >= 4 is 25.0 Å². The van der Waals surface area contributed by atoms with Crippen molar-refractivity contribution in [2.24, 2.45) is 0 Å². The minimum Gasteiger partial charge on any atom is -0.404 e. The van der Waals surface area contributed by atoms with Gasteiger partial charge >= 0.3 is 0 Å². The fourth-order valence-electron chi connectivity index (χ4n) is 7.78. The van der Waals surface area contributed by atoms with Gasteiger partial charge in [0.05, 0.1) is 19.8 Å². The molecule has 4 saturated heterocycles. The van der Waals surface area contributed by atoms with Crippen molar-refractivity contribution in [3.63, 3.8) is 0 Å². The van der Waals surface area contributed by atoms with Crippen LogP contribution >= 0.6 is 0 Å². The molecular weight excluding hydrogens is 664 g/mol. The summed E-state index contributed by atoms with van der Waals surface area (Å²) < 4.78 is 53.4. The van der Waals surface area contributed by atoms with Gasteiger partial charge in [-0.25, -0.2) is 0 Å². The van der Waals surface area contributed by atoms with Gasteiger partial charge in [-0.2, -0.15) is 0 Å². The zero-order valence-electron chi connectivity index (χ0n) is 30.6. The molecule has 0 radical (unpaired) electrons. The molecule has 4 fully saturated rings. The first-order valence-corrected chi connectivity index (χ1v) is 19.0. The monoisotopic (exact) mass is 718 g/mol. The fraction of sp³-hybridized carbons (Fsp3) is 0.649. The zero-order valence-corrected chi connectivity index (χ0v) is 31.6. The van der Waals surface area contributed by atoms with E-state index in [2.05, 4.69) is 69.3 Å². The first-order chi connectivity index (χ1) is 23.6. The van der Waals surface area contributed by atoms with E-state index in [-0.39, 0.29) is 31.3 Å². The average Bonchev–Trinajstić information content (AvgIpc) is 3.72. The number of carbonyl (C=O) groups is 1. The molecule has 2 N–H and O–H groups in total. The molecule has 278 valence electrons. The average molecular weight is 719 g/mol. The van der Waals surface area contributed by atoms with Gasteiger partial charge in [0.25, 0.3) is 8.32 Å². The lowest BCUT2D eigenvalue weighted by Crippen LogP contribution is -2.68. The maximum atomic E-state index is 10.7. The van der Waals surface area contributed by atoms with Gasteiger partial charge in [-0.1, -0.05) is 81.4 Å². The van der Waals surface area contributed by atoms with Crippen LogP contribution in [0.25, 0.3) is 0 Å². The molecular formula is C37H54O12Si. The summed E-state index contributed by atoms with van der Waals surface area (Å²) in [4.78, 5) is 10.7. The second-order valence-electron chi connectivity index (χ2n) is 15.3. The molecule has 50 heavy (non-hydrogen) atoms. The number of aldehydes is 1. The lowest BCUT2D eigenvalue weighted by molar-refractivity contribution is -0.253. The van der Waals surface area contributed by atoms with Gasteiger partial charge in [-0.15, -0.1) is 0 Å². The van der Waals surface area contributed by atoms with E-state index in [1.54, 1.807) is 21.0 Å². The highest BCUT2D eigenvalue weighted by Crippen LogP contribution is 2.46. The Morgan fingerprint density at radius 2 is 1.12 bits per heavy atom. The van der Waals surface area contributed by atoms with Crippen LogP contribution in [-0.4, -0.2) is 119 Å². The second-order valence-corrected chi connectivity index (χ2v) is 19.6. The van der Waals surface area contributed by atoms with Gasteiger partial charge in [0.1, 0.15) is 41.9 Å². The van der Waals surface area contributed by atoms with Gasteiger partial charge in [0, 0.05) is 20.6 Å². The number of rotatable bonds is 11. The van der Waals surface area contributed by atoms with Crippen LogP contribution in [0.3, 0.4) is 0 Å². The lowest BCUT2D eigenvalue weighted by atomic mass is 9.93. The lowest BCUT2D eigenvalue weighted by Gasteiger charge is -2.45. The third kappa shape index (κ3) is 7.13. The molecule has 0 amide bonds. The van der Waals surface area contributed by atoms with Crippen LogP contribution in [0, 0.1) is 0 Å². The Labute approximate surface area is 296 Å². The Balaban J connectivity index is 0.000000240. The number of aliphatic hydroxyl groups excluding tert-OH is 2. The molecule has 8 atom stereocenters. The van der Waals surface area contributed by atoms with Crippen LogP contribution in [0.4, 0.5) is 0 Å². The number of hydrogen-bond acceptors (Lipinski definition) is 12. The smallest absolute Gasteiger partial charge is 0.261 e. The van der Waals surface area contributed by atoms with E-state index in [1.807, 2.05) is 26.0 Å². The van der Waals surface area contributed by atoms with Gasteiger partial charge in [-0.3, -0.25) is 0 Å². The summed E-state index contributed by atoms with van der Waals surface area (Å²) in [7, 11) is 0.294. The molecule has 0 aliphatic carbocycles. The Morgan fingerprint density at radius 3 is 1.50 bits per heavy atom. The highest BCUT2D eigenvalue weighted by Gasteiger charge is 2.64. The third-order valence-electron chi connectivity index (χ3n) is 9.93. The van der Waals surface area contributed by atoms with Crippen molar-refractivity contribution in [3.05, 3.63) is 60.7 Å². The summed E-state index contributed by atoms with van der Waals surface area (Å²) in [6, 6.07) is 20.8. The number of methoxy groups -OCH3 is 2. The van der Waals surface area contributed by atoms with E-state index >= 15 is 0 Å². The van der Waals surface area contributed by atoms with Gasteiger partial charge in [0.2, 0.25) is 0 Å². The van der Waals surface area contributed by atoms with Crippen LogP contribution in [0.1, 0.15) is 54.9 Å². The maximum Gasteiger partial charge on any atom is 0.261 e. The summed E-state index contributed by atoms with van der Waals surface area (Å²) in [5.74, 6) is -1.51. The minimum absolute atomic E-state index is 0.0438. The molecule has 2 aromatic rings. The molecule has 2 aromatic carbocycles. The molecule has 0 bridgehead atoms. The van der Waals surface area contributed by atoms with Gasteiger partial charge < -0.3 is 57.3 Å². The Hall–Kier alpha value is -2.11. The Bertz CT molecular complexity index is 1380. The van der Waals surface area contributed by atoms with Crippen molar-refractivity contribution in [3.8, 4) is 0 Å². The molecule has 13 heteroatoms. The molecule has 12 nitrogen and oxygen atoms in total. The summed E-state index contributed by atoms with van der Waals surface area (Å²) in [6.45, 7) is 13.5. The number of aliphatic hydroxyl groups is 2. The van der Waals surface area contributed by atoms with Crippen LogP contribution < -0.4 is 10.4 Å². The number of fused-ring (bicyclic) bond motifs is 2. The predicted octanol–water partition coefficient (Wildman–Crippen LogP) is 2.65. The van der Waals surface area contributed by atoms with E-state index in [1.165, 1.54) is 7.11 Å². The highest BCUT2D eigenvalue weighted by atomic mass is 28.4. The highest BCUT2D eigenvalue weighted by molar-refractivity contribution is 6.99. The van der Waals surface area contributed by atoms with Crippen molar-refractivity contribution in [2.75, 3.05) is 34.0 Å². The molecule has 6 rings (SSSR count). The van der Waals surface area contributed by atoms with E-state index < -0.39 is 68.1 Å². The number of hydrogen-bond donors (Lipinski definition) is 2. The molecule has 4 aliphatic heterocycles. The molecule has 4 aliphatic rings. The summed E-state index contributed by atoms with van der Waals surface area (Å²) in [6.07, 6.45) is -2.42. The van der Waals surface area contributed by atoms with E-state index in [9.17, 15) is 15.0 Å². The largest absolute Gasteiger partial charge is 0.404 e. The SMILES string of the molecule is CO[C@H]1[C@H]2OC(C)(C)O[C@H]2O[C@@]1(CO)CO[Si](c1ccccc1)(c1ccccc1)C(C)(C)C.CO[C@H]1[C@H]2OC(C)(C)O[C@H]2O[C@]1(CO)CC=O. The Kier molecular flexibility index (Phi) is 11.5. The normalized spacial score (nSPS) is 34.1. The molecule has 0 aromatic heterocycles. The van der Waals surface area contributed by atoms with Crippen LogP contribution in [-0.2, 0) is 47.1 Å².